The number of nitrogens with zero attached hydrogens (tertiary/aromatic N) is 3. The van der Waals surface area contributed by atoms with Crippen LogP contribution in [0.3, 0.4) is 0 Å². The van der Waals surface area contributed by atoms with Crippen LogP contribution in [0.2, 0.25) is 0 Å². The molecule has 7 nitrogen and oxygen atoms in total. The van der Waals surface area contributed by atoms with E-state index in [-0.39, 0.29) is 4.90 Å². The van der Waals surface area contributed by atoms with Gasteiger partial charge in [-0.3, -0.25) is 4.90 Å². The van der Waals surface area contributed by atoms with Gasteiger partial charge in [0.1, 0.15) is 0 Å². The molecule has 0 amide bonds. The first-order chi connectivity index (χ1) is 15.3. The third-order valence-electron chi connectivity index (χ3n) is 6.30. The molecule has 0 saturated carbocycles. The Hall–Kier alpha value is -2.28. The second-order valence-corrected chi connectivity index (χ2v) is 10.2. The zero-order valence-electron chi connectivity index (χ0n) is 18.7. The normalized spacial score (nSPS) is 16.7. The molecular weight excluding hydrogens is 422 g/mol. The molecule has 0 bridgehead atoms. The summed E-state index contributed by atoms with van der Waals surface area (Å²) < 4.78 is 23.2. The van der Waals surface area contributed by atoms with E-state index in [4.69, 9.17) is 10.9 Å². The maximum Gasteiger partial charge on any atom is 0.238 e. The van der Waals surface area contributed by atoms with Crippen molar-refractivity contribution >= 4 is 10.0 Å². The minimum Gasteiger partial charge on any atom is -0.330 e. The summed E-state index contributed by atoms with van der Waals surface area (Å²) in [6.07, 6.45) is 3.12. The van der Waals surface area contributed by atoms with Gasteiger partial charge in [-0.15, -0.1) is 0 Å². The van der Waals surface area contributed by atoms with Crippen LogP contribution >= 0.6 is 0 Å². The Bertz CT molecular complexity index is 1030. The van der Waals surface area contributed by atoms with Crippen molar-refractivity contribution in [1.82, 2.24) is 9.80 Å². The van der Waals surface area contributed by atoms with Gasteiger partial charge < -0.3 is 10.6 Å². The summed E-state index contributed by atoms with van der Waals surface area (Å²) in [5.41, 5.74) is 8.54. The highest BCUT2D eigenvalue weighted by molar-refractivity contribution is 7.89. The fourth-order valence-corrected chi connectivity index (χ4v) is 4.94. The SMILES string of the molecule is CC(CCN)N1CCC(N(Cc2ccc(S(N)(=O)=O)cc2)Cc2cccc(C#N)c2)CC1. The molecule has 8 heteroatoms. The number of primary sulfonamides is 1. The molecule has 3 rings (SSSR count). The number of benzene rings is 2. The Morgan fingerprint density at radius 1 is 1.12 bits per heavy atom. The van der Waals surface area contributed by atoms with Gasteiger partial charge in [0.15, 0.2) is 0 Å². The molecular formula is C24H33N5O2S. The molecule has 0 aliphatic carbocycles. The van der Waals surface area contributed by atoms with E-state index in [1.165, 1.54) is 0 Å². The smallest absolute Gasteiger partial charge is 0.238 e. The van der Waals surface area contributed by atoms with Crippen molar-refractivity contribution in [1.29, 1.82) is 5.26 Å². The van der Waals surface area contributed by atoms with Gasteiger partial charge >= 0.3 is 0 Å². The fraction of sp³-hybridized carbons (Fsp3) is 0.458. The highest BCUT2D eigenvalue weighted by Gasteiger charge is 2.27. The number of hydrogen-bond acceptors (Lipinski definition) is 6. The molecule has 4 N–H and O–H groups in total. The van der Waals surface area contributed by atoms with Crippen molar-refractivity contribution < 1.29 is 8.42 Å². The second-order valence-electron chi connectivity index (χ2n) is 8.60. The fourth-order valence-electron chi connectivity index (χ4n) is 4.42. The van der Waals surface area contributed by atoms with Crippen molar-refractivity contribution in [3.05, 3.63) is 65.2 Å². The summed E-state index contributed by atoms with van der Waals surface area (Å²) in [6.45, 7) is 6.44. The molecule has 1 aliphatic rings. The molecule has 172 valence electrons. The molecule has 0 spiro atoms. The zero-order chi connectivity index (χ0) is 23.1. The molecule has 1 saturated heterocycles. The third kappa shape index (κ3) is 6.61. The van der Waals surface area contributed by atoms with Crippen LogP contribution in [0.1, 0.15) is 42.9 Å². The summed E-state index contributed by atoms with van der Waals surface area (Å²) in [5.74, 6) is 0. The van der Waals surface area contributed by atoms with E-state index in [1.807, 2.05) is 30.3 Å². The molecule has 1 atom stereocenters. The topological polar surface area (TPSA) is 116 Å². The maximum absolute atomic E-state index is 11.6. The molecule has 32 heavy (non-hydrogen) atoms. The van der Waals surface area contributed by atoms with Crippen LogP contribution in [-0.4, -0.2) is 49.9 Å². The first-order valence-corrected chi connectivity index (χ1v) is 12.6. The first kappa shape index (κ1) is 24.4. The number of sulfonamides is 1. The largest absolute Gasteiger partial charge is 0.330 e. The zero-order valence-corrected chi connectivity index (χ0v) is 19.5. The van der Waals surface area contributed by atoms with Crippen LogP contribution in [0.25, 0.3) is 0 Å². The van der Waals surface area contributed by atoms with Crippen LogP contribution in [-0.2, 0) is 23.1 Å². The molecule has 2 aromatic carbocycles. The summed E-state index contributed by atoms with van der Waals surface area (Å²) >= 11 is 0. The minimum atomic E-state index is -3.70. The minimum absolute atomic E-state index is 0.122. The van der Waals surface area contributed by atoms with E-state index in [9.17, 15) is 13.7 Å². The lowest BCUT2D eigenvalue weighted by atomic mass is 9.99. The van der Waals surface area contributed by atoms with E-state index < -0.39 is 10.0 Å². The Balaban J connectivity index is 1.76. The Labute approximate surface area is 191 Å². The van der Waals surface area contributed by atoms with Gasteiger partial charge in [0.25, 0.3) is 0 Å². The molecule has 0 aromatic heterocycles. The Kier molecular flexibility index (Phi) is 8.40. The van der Waals surface area contributed by atoms with E-state index in [1.54, 1.807) is 12.1 Å². The quantitative estimate of drug-likeness (QED) is 0.600. The summed E-state index contributed by atoms with van der Waals surface area (Å²) in [6, 6.07) is 17.6. The summed E-state index contributed by atoms with van der Waals surface area (Å²) in [5, 5.41) is 14.5. The van der Waals surface area contributed by atoms with Crippen molar-refractivity contribution in [2.75, 3.05) is 19.6 Å². The maximum atomic E-state index is 11.6. The number of piperidine rings is 1. The Morgan fingerprint density at radius 2 is 1.78 bits per heavy atom. The van der Waals surface area contributed by atoms with Crippen LogP contribution in [0.4, 0.5) is 0 Å². The second kappa shape index (κ2) is 11.0. The lowest BCUT2D eigenvalue weighted by molar-refractivity contribution is 0.0768. The van der Waals surface area contributed by atoms with Gasteiger partial charge in [0, 0.05) is 25.2 Å². The average Bonchev–Trinajstić information content (AvgIpc) is 2.79. The number of rotatable bonds is 9. The number of likely N-dealkylation sites (tertiary alicyclic amines) is 1. The molecule has 1 aliphatic heterocycles. The van der Waals surface area contributed by atoms with Crippen molar-refractivity contribution in [3.63, 3.8) is 0 Å². The highest BCUT2D eigenvalue weighted by atomic mass is 32.2. The third-order valence-corrected chi connectivity index (χ3v) is 7.23. The van der Waals surface area contributed by atoms with Gasteiger partial charge in [-0.25, -0.2) is 13.6 Å². The molecule has 1 heterocycles. The lowest BCUT2D eigenvalue weighted by Crippen LogP contribution is -2.47. The molecule has 1 unspecified atom stereocenters. The van der Waals surface area contributed by atoms with Crippen molar-refractivity contribution in [3.8, 4) is 6.07 Å². The average molecular weight is 456 g/mol. The van der Waals surface area contributed by atoms with Gasteiger partial charge in [0.05, 0.1) is 16.5 Å². The summed E-state index contributed by atoms with van der Waals surface area (Å²) in [7, 11) is -3.70. The number of nitrogens with two attached hydrogens (primary N) is 2. The van der Waals surface area contributed by atoms with Crippen LogP contribution in [0, 0.1) is 11.3 Å². The predicted molar refractivity (Wildman–Crippen MR) is 126 cm³/mol. The molecule has 1 fully saturated rings. The Morgan fingerprint density at radius 3 is 2.38 bits per heavy atom. The molecule has 0 radical (unpaired) electrons. The number of nitriles is 1. The van der Waals surface area contributed by atoms with E-state index in [0.29, 0.717) is 30.7 Å². The van der Waals surface area contributed by atoms with Gasteiger partial charge in [0.2, 0.25) is 10.0 Å². The van der Waals surface area contributed by atoms with Crippen LogP contribution in [0.15, 0.2) is 53.4 Å². The highest BCUT2D eigenvalue weighted by Crippen LogP contribution is 2.24. The van der Waals surface area contributed by atoms with E-state index >= 15 is 0 Å². The van der Waals surface area contributed by atoms with Gasteiger partial charge in [-0.1, -0.05) is 24.3 Å². The van der Waals surface area contributed by atoms with Crippen molar-refractivity contribution in [2.24, 2.45) is 10.9 Å². The van der Waals surface area contributed by atoms with Crippen LogP contribution < -0.4 is 10.9 Å². The summed E-state index contributed by atoms with van der Waals surface area (Å²) in [4.78, 5) is 5.07. The van der Waals surface area contributed by atoms with Gasteiger partial charge in [-0.05, 0) is 81.2 Å². The van der Waals surface area contributed by atoms with E-state index in [0.717, 1.165) is 50.0 Å². The van der Waals surface area contributed by atoms with Crippen molar-refractivity contribution in [2.45, 2.75) is 56.3 Å². The lowest BCUT2D eigenvalue weighted by Gasteiger charge is -2.41. The number of hydrogen-bond donors (Lipinski definition) is 2. The monoisotopic (exact) mass is 455 g/mol. The van der Waals surface area contributed by atoms with E-state index in [2.05, 4.69) is 28.9 Å². The molecule has 2 aromatic rings. The van der Waals surface area contributed by atoms with Gasteiger partial charge in [-0.2, -0.15) is 5.26 Å². The first-order valence-electron chi connectivity index (χ1n) is 11.1. The van der Waals surface area contributed by atoms with Crippen LogP contribution in [0.5, 0.6) is 0 Å². The standard InChI is InChI=1S/C24H33N5O2S/c1-19(9-12-25)28-13-10-23(11-14-28)29(18-22-4-2-3-21(15-22)16-26)17-20-5-7-24(8-6-20)32(27,30)31/h2-8,15,19,23H,9-14,17-18,25H2,1H3,(H2,27,30,31). The predicted octanol–water partition coefficient (Wildman–Crippen LogP) is 2.41.